The number of nitrogens with zero attached hydrogens (tertiary/aromatic N) is 2. The number of amides is 1. The van der Waals surface area contributed by atoms with Gasteiger partial charge in [-0.15, -0.1) is 0 Å². The van der Waals surface area contributed by atoms with Gasteiger partial charge in [-0.2, -0.15) is 0 Å². The summed E-state index contributed by atoms with van der Waals surface area (Å²) in [5.74, 6) is 0.860. The average Bonchev–Trinajstić information content (AvgIpc) is 2.64. The van der Waals surface area contributed by atoms with Gasteiger partial charge in [0, 0.05) is 51.4 Å². The molecule has 1 heterocycles. The van der Waals surface area contributed by atoms with Crippen LogP contribution < -0.4 is 10.1 Å². The van der Waals surface area contributed by atoms with E-state index in [1.54, 1.807) is 14.2 Å². The topological polar surface area (TPSA) is 54.0 Å². The van der Waals surface area contributed by atoms with E-state index in [0.717, 1.165) is 44.1 Å². The van der Waals surface area contributed by atoms with E-state index in [1.807, 2.05) is 31.2 Å². The molecular formula is C19H31N3O3. The first-order valence-corrected chi connectivity index (χ1v) is 8.93. The molecule has 2 atom stereocenters. The summed E-state index contributed by atoms with van der Waals surface area (Å²) in [6, 6.07) is 8.05. The van der Waals surface area contributed by atoms with Crippen molar-refractivity contribution < 1.29 is 14.3 Å². The van der Waals surface area contributed by atoms with Crippen molar-refractivity contribution in [3.05, 3.63) is 29.8 Å². The number of para-hydroxylation sites is 1. The maximum atomic E-state index is 12.5. The minimum absolute atomic E-state index is 0.0587. The van der Waals surface area contributed by atoms with E-state index in [4.69, 9.17) is 9.47 Å². The molecule has 0 aliphatic carbocycles. The van der Waals surface area contributed by atoms with Gasteiger partial charge in [-0.05, 0) is 19.9 Å². The van der Waals surface area contributed by atoms with Gasteiger partial charge in [0.25, 0.3) is 0 Å². The Hall–Kier alpha value is -1.63. The van der Waals surface area contributed by atoms with Gasteiger partial charge in [-0.1, -0.05) is 18.2 Å². The normalized spacial score (nSPS) is 20.2. The first-order chi connectivity index (χ1) is 12.1. The quantitative estimate of drug-likeness (QED) is 0.768. The zero-order valence-electron chi connectivity index (χ0n) is 15.8. The lowest BCUT2D eigenvalue weighted by Crippen LogP contribution is -2.57. The molecule has 0 radical (unpaired) electrons. The number of nitrogens with one attached hydrogen (secondary N) is 1. The molecule has 1 aliphatic heterocycles. The highest BCUT2D eigenvalue weighted by Gasteiger charge is 2.29. The summed E-state index contributed by atoms with van der Waals surface area (Å²) in [7, 11) is 3.38. The minimum atomic E-state index is -0.137. The lowest BCUT2D eigenvalue weighted by Gasteiger charge is -2.41. The fourth-order valence-corrected chi connectivity index (χ4v) is 3.26. The van der Waals surface area contributed by atoms with Crippen molar-refractivity contribution in [2.45, 2.75) is 32.5 Å². The molecule has 6 heteroatoms. The third-order valence-electron chi connectivity index (χ3n) is 4.95. The smallest absolute Gasteiger partial charge is 0.237 e. The van der Waals surface area contributed by atoms with Crippen LogP contribution in [-0.4, -0.2) is 74.8 Å². The number of piperazine rings is 1. The number of ether oxygens (including phenoxy) is 2. The molecule has 2 rings (SSSR count). The Morgan fingerprint density at radius 2 is 2.08 bits per heavy atom. The lowest BCUT2D eigenvalue weighted by molar-refractivity contribution is -0.127. The van der Waals surface area contributed by atoms with E-state index in [2.05, 4.69) is 22.0 Å². The maximum absolute atomic E-state index is 12.5. The molecule has 0 bridgehead atoms. The maximum Gasteiger partial charge on any atom is 0.237 e. The van der Waals surface area contributed by atoms with Gasteiger partial charge in [0.15, 0.2) is 0 Å². The predicted molar refractivity (Wildman–Crippen MR) is 98.8 cm³/mol. The molecule has 1 saturated heterocycles. The number of carbonyl (C=O) groups excluding carboxylic acids is 1. The van der Waals surface area contributed by atoms with Crippen molar-refractivity contribution in [1.29, 1.82) is 0 Å². The Balaban J connectivity index is 1.84. The molecule has 1 fully saturated rings. The van der Waals surface area contributed by atoms with Crippen molar-refractivity contribution in [2.24, 2.45) is 0 Å². The van der Waals surface area contributed by atoms with Gasteiger partial charge in [0.05, 0.1) is 19.8 Å². The average molecular weight is 349 g/mol. The molecule has 0 aromatic heterocycles. The summed E-state index contributed by atoms with van der Waals surface area (Å²) in [6.07, 6.45) is 0. The van der Waals surface area contributed by atoms with Crippen molar-refractivity contribution in [1.82, 2.24) is 15.1 Å². The molecule has 1 amide bonds. The molecule has 0 unspecified atom stereocenters. The number of rotatable bonds is 8. The van der Waals surface area contributed by atoms with E-state index in [1.165, 1.54) is 0 Å². The lowest BCUT2D eigenvalue weighted by atomic mass is 10.1. The van der Waals surface area contributed by atoms with Crippen molar-refractivity contribution in [3.63, 3.8) is 0 Å². The highest BCUT2D eigenvalue weighted by molar-refractivity contribution is 5.81. The van der Waals surface area contributed by atoms with E-state index in [9.17, 15) is 4.79 Å². The summed E-state index contributed by atoms with van der Waals surface area (Å²) in [4.78, 5) is 17.2. The van der Waals surface area contributed by atoms with Crippen LogP contribution >= 0.6 is 0 Å². The second kappa shape index (κ2) is 9.75. The van der Waals surface area contributed by atoms with Gasteiger partial charge >= 0.3 is 0 Å². The third-order valence-corrected chi connectivity index (χ3v) is 4.95. The number of methoxy groups -OCH3 is 2. The first-order valence-electron chi connectivity index (χ1n) is 8.93. The Labute approximate surface area is 151 Å². The standard InChI is InChI=1S/C19H31N3O3/c1-15-14-22(10-9-21(15)11-12-24-3)16(2)19(23)20-13-17-7-5-6-8-18(17)25-4/h5-8,15-16H,9-14H2,1-4H3,(H,20,23)/t15-,16+/m0/s1. The molecule has 1 N–H and O–H groups in total. The van der Waals surface area contributed by atoms with Crippen LogP contribution in [0.25, 0.3) is 0 Å². The van der Waals surface area contributed by atoms with Crippen molar-refractivity contribution in [3.8, 4) is 5.75 Å². The van der Waals surface area contributed by atoms with Gasteiger partial charge < -0.3 is 14.8 Å². The number of carbonyl (C=O) groups is 1. The van der Waals surface area contributed by atoms with Crippen LogP contribution in [-0.2, 0) is 16.1 Å². The highest BCUT2D eigenvalue weighted by atomic mass is 16.5. The molecule has 140 valence electrons. The second-order valence-electron chi connectivity index (χ2n) is 6.58. The van der Waals surface area contributed by atoms with Gasteiger partial charge in [0.1, 0.15) is 5.75 Å². The van der Waals surface area contributed by atoms with Crippen LogP contribution in [0.15, 0.2) is 24.3 Å². The number of benzene rings is 1. The Bertz CT molecular complexity index is 552. The highest BCUT2D eigenvalue weighted by Crippen LogP contribution is 2.17. The third kappa shape index (κ3) is 5.42. The van der Waals surface area contributed by atoms with E-state index in [-0.39, 0.29) is 11.9 Å². The van der Waals surface area contributed by atoms with Crippen LogP contribution in [0, 0.1) is 0 Å². The Morgan fingerprint density at radius 3 is 2.76 bits per heavy atom. The van der Waals surface area contributed by atoms with Crippen LogP contribution in [0.5, 0.6) is 5.75 Å². The summed E-state index contributed by atoms with van der Waals surface area (Å²) < 4.78 is 10.5. The van der Waals surface area contributed by atoms with Crippen LogP contribution in [0.3, 0.4) is 0 Å². The number of hydrogen-bond acceptors (Lipinski definition) is 5. The fraction of sp³-hybridized carbons (Fsp3) is 0.632. The van der Waals surface area contributed by atoms with Gasteiger partial charge in [-0.3, -0.25) is 14.6 Å². The molecular weight excluding hydrogens is 318 g/mol. The Morgan fingerprint density at radius 1 is 1.32 bits per heavy atom. The van der Waals surface area contributed by atoms with E-state index < -0.39 is 0 Å². The van der Waals surface area contributed by atoms with E-state index in [0.29, 0.717) is 12.6 Å². The van der Waals surface area contributed by atoms with Gasteiger partial charge in [0.2, 0.25) is 5.91 Å². The molecule has 0 spiro atoms. The van der Waals surface area contributed by atoms with Crippen LogP contribution in [0.4, 0.5) is 0 Å². The molecule has 6 nitrogen and oxygen atoms in total. The van der Waals surface area contributed by atoms with Crippen LogP contribution in [0.1, 0.15) is 19.4 Å². The predicted octanol–water partition coefficient (Wildman–Crippen LogP) is 1.35. The minimum Gasteiger partial charge on any atom is -0.496 e. The SMILES string of the molecule is COCCN1CCN([C@H](C)C(=O)NCc2ccccc2OC)C[C@@H]1C. The zero-order valence-corrected chi connectivity index (χ0v) is 15.8. The molecule has 0 saturated carbocycles. The Kier molecular flexibility index (Phi) is 7.68. The van der Waals surface area contributed by atoms with Gasteiger partial charge in [-0.25, -0.2) is 0 Å². The van der Waals surface area contributed by atoms with E-state index >= 15 is 0 Å². The number of hydrogen-bond donors (Lipinski definition) is 1. The molecule has 1 aromatic carbocycles. The summed E-state index contributed by atoms with van der Waals surface area (Å²) >= 11 is 0. The second-order valence-corrected chi connectivity index (χ2v) is 6.58. The molecule has 25 heavy (non-hydrogen) atoms. The monoisotopic (exact) mass is 349 g/mol. The summed E-state index contributed by atoms with van der Waals surface area (Å²) in [6.45, 7) is 9.13. The molecule has 1 aromatic rings. The zero-order chi connectivity index (χ0) is 18.2. The van der Waals surface area contributed by atoms with Crippen molar-refractivity contribution >= 4 is 5.91 Å². The summed E-state index contributed by atoms with van der Waals surface area (Å²) in [5.41, 5.74) is 0.989. The van der Waals surface area contributed by atoms with Crippen molar-refractivity contribution in [2.75, 3.05) is 47.0 Å². The summed E-state index contributed by atoms with van der Waals surface area (Å²) in [5, 5.41) is 3.04. The molecule has 1 aliphatic rings. The fourth-order valence-electron chi connectivity index (χ4n) is 3.26. The largest absolute Gasteiger partial charge is 0.496 e. The first kappa shape index (κ1) is 19.7. The van der Waals surface area contributed by atoms with Crippen LogP contribution in [0.2, 0.25) is 0 Å².